The molecule has 0 saturated carbocycles. The topological polar surface area (TPSA) is 71.1 Å². The van der Waals surface area contributed by atoms with E-state index in [1.54, 1.807) is 12.0 Å². The Hall–Kier alpha value is -2.12. The number of hydrogen-bond acceptors (Lipinski definition) is 5. The summed E-state index contributed by atoms with van der Waals surface area (Å²) in [6.07, 6.45) is -0.310. The van der Waals surface area contributed by atoms with Crippen molar-refractivity contribution in [2.45, 2.75) is 45.4 Å². The Morgan fingerprint density at radius 1 is 1.22 bits per heavy atom. The lowest BCUT2D eigenvalue weighted by Gasteiger charge is -2.42. The fourth-order valence-electron chi connectivity index (χ4n) is 3.22. The third kappa shape index (κ3) is 5.94. The second-order valence-corrected chi connectivity index (χ2v) is 7.80. The summed E-state index contributed by atoms with van der Waals surface area (Å²) in [5.74, 6) is -0.110. The number of ether oxygens (including phenoxy) is 2. The monoisotopic (exact) mass is 377 g/mol. The molecule has 0 aromatic heterocycles. The summed E-state index contributed by atoms with van der Waals surface area (Å²) in [5, 5.41) is 2.80. The zero-order chi connectivity index (χ0) is 20.0. The van der Waals surface area contributed by atoms with E-state index in [0.717, 1.165) is 5.56 Å². The van der Waals surface area contributed by atoms with E-state index >= 15 is 0 Å². The van der Waals surface area contributed by atoms with Crippen LogP contribution >= 0.6 is 0 Å². The van der Waals surface area contributed by atoms with Crippen molar-refractivity contribution < 1.29 is 19.1 Å². The molecule has 2 rings (SSSR count). The number of piperazine rings is 1. The van der Waals surface area contributed by atoms with Crippen LogP contribution in [-0.4, -0.2) is 66.9 Å². The number of nitrogens with one attached hydrogen (secondary N) is 1. The van der Waals surface area contributed by atoms with Crippen LogP contribution in [0.1, 0.15) is 39.3 Å². The summed E-state index contributed by atoms with van der Waals surface area (Å²) in [5.41, 5.74) is 0.393. The van der Waals surface area contributed by atoms with E-state index < -0.39 is 11.6 Å². The molecule has 1 aliphatic rings. The fraction of sp³-hybridized carbons (Fsp3) is 0.600. The molecule has 1 aromatic rings. The van der Waals surface area contributed by atoms with Crippen molar-refractivity contribution in [3.63, 3.8) is 0 Å². The van der Waals surface area contributed by atoms with Crippen LogP contribution in [-0.2, 0) is 14.3 Å². The van der Waals surface area contributed by atoms with Gasteiger partial charge in [-0.1, -0.05) is 30.3 Å². The third-order valence-electron chi connectivity index (χ3n) is 4.41. The minimum absolute atomic E-state index is 0.0602. The van der Waals surface area contributed by atoms with Crippen molar-refractivity contribution in [1.29, 1.82) is 0 Å². The second kappa shape index (κ2) is 9.19. The van der Waals surface area contributed by atoms with Gasteiger partial charge in [0.05, 0.1) is 0 Å². The first-order valence-corrected chi connectivity index (χ1v) is 9.28. The lowest BCUT2D eigenvalue weighted by atomic mass is 10.0. The standard InChI is InChI=1S/C20H31N3O4/c1-15-13-22(11-12-23(15)19(25)27-20(2,3)4)17(18(24)21-14-26-5)16-9-7-6-8-10-16/h6-10,15,17H,11-14H2,1-5H3,(H,21,24). The first-order valence-electron chi connectivity index (χ1n) is 9.28. The summed E-state index contributed by atoms with van der Waals surface area (Å²) in [7, 11) is 1.54. The van der Waals surface area contributed by atoms with E-state index in [9.17, 15) is 9.59 Å². The third-order valence-corrected chi connectivity index (χ3v) is 4.41. The molecule has 1 aromatic carbocycles. The zero-order valence-electron chi connectivity index (χ0n) is 16.9. The van der Waals surface area contributed by atoms with Gasteiger partial charge >= 0.3 is 6.09 Å². The molecule has 0 bridgehead atoms. The number of benzene rings is 1. The first-order chi connectivity index (χ1) is 12.7. The predicted molar refractivity (Wildman–Crippen MR) is 103 cm³/mol. The van der Waals surface area contributed by atoms with Crippen molar-refractivity contribution >= 4 is 12.0 Å². The van der Waals surface area contributed by atoms with Gasteiger partial charge in [0.25, 0.3) is 0 Å². The van der Waals surface area contributed by atoms with Gasteiger partial charge in [-0.05, 0) is 33.3 Å². The maximum absolute atomic E-state index is 12.8. The molecule has 0 aliphatic carbocycles. The van der Waals surface area contributed by atoms with Crippen LogP contribution in [0.5, 0.6) is 0 Å². The van der Waals surface area contributed by atoms with Crippen molar-refractivity contribution in [3.8, 4) is 0 Å². The van der Waals surface area contributed by atoms with Gasteiger partial charge in [0, 0.05) is 32.8 Å². The molecule has 7 heteroatoms. The molecule has 2 amide bonds. The number of hydrogen-bond donors (Lipinski definition) is 1. The lowest BCUT2D eigenvalue weighted by Crippen LogP contribution is -2.57. The summed E-state index contributed by atoms with van der Waals surface area (Å²) in [6.45, 7) is 9.40. The number of nitrogens with zero attached hydrogens (tertiary/aromatic N) is 2. The number of carbonyl (C=O) groups is 2. The van der Waals surface area contributed by atoms with E-state index in [0.29, 0.717) is 19.6 Å². The fourth-order valence-corrected chi connectivity index (χ4v) is 3.22. The van der Waals surface area contributed by atoms with Crippen molar-refractivity contribution in [3.05, 3.63) is 35.9 Å². The lowest BCUT2D eigenvalue weighted by molar-refractivity contribution is -0.129. The number of carbonyl (C=O) groups excluding carboxylic acids is 2. The molecule has 1 heterocycles. The van der Waals surface area contributed by atoms with Gasteiger partial charge in [0.15, 0.2) is 0 Å². The zero-order valence-corrected chi connectivity index (χ0v) is 16.9. The Morgan fingerprint density at radius 3 is 2.44 bits per heavy atom. The van der Waals surface area contributed by atoms with Crippen LogP contribution in [0.25, 0.3) is 0 Å². The Morgan fingerprint density at radius 2 is 1.89 bits per heavy atom. The highest BCUT2D eigenvalue weighted by Crippen LogP contribution is 2.25. The highest BCUT2D eigenvalue weighted by atomic mass is 16.6. The van der Waals surface area contributed by atoms with Crippen molar-refractivity contribution in [1.82, 2.24) is 15.1 Å². The molecule has 27 heavy (non-hydrogen) atoms. The molecule has 0 radical (unpaired) electrons. The van der Waals surface area contributed by atoms with Gasteiger partial charge < -0.3 is 19.7 Å². The quantitative estimate of drug-likeness (QED) is 0.798. The van der Waals surface area contributed by atoms with Crippen molar-refractivity contribution in [2.24, 2.45) is 0 Å². The van der Waals surface area contributed by atoms with Gasteiger partial charge in [0.1, 0.15) is 18.4 Å². The van der Waals surface area contributed by atoms with Gasteiger partial charge in [-0.2, -0.15) is 0 Å². The molecule has 7 nitrogen and oxygen atoms in total. The van der Waals surface area contributed by atoms with Crippen molar-refractivity contribution in [2.75, 3.05) is 33.5 Å². The Labute approximate surface area is 161 Å². The molecule has 0 spiro atoms. The van der Waals surface area contributed by atoms with Gasteiger partial charge in [0.2, 0.25) is 5.91 Å². The van der Waals surface area contributed by atoms with Gasteiger partial charge in [-0.3, -0.25) is 9.69 Å². The van der Waals surface area contributed by atoms with Crippen LogP contribution < -0.4 is 5.32 Å². The predicted octanol–water partition coefficient (Wildman–Crippen LogP) is 2.39. The Kier molecular flexibility index (Phi) is 7.21. The highest BCUT2D eigenvalue weighted by Gasteiger charge is 2.36. The van der Waals surface area contributed by atoms with Crippen LogP contribution in [0.2, 0.25) is 0 Å². The summed E-state index contributed by atoms with van der Waals surface area (Å²) in [6, 6.07) is 9.18. The summed E-state index contributed by atoms with van der Waals surface area (Å²) < 4.78 is 10.5. The molecule has 2 atom stereocenters. The van der Waals surface area contributed by atoms with Crippen LogP contribution in [0.4, 0.5) is 4.79 Å². The van der Waals surface area contributed by atoms with Gasteiger partial charge in [-0.15, -0.1) is 0 Å². The minimum Gasteiger partial charge on any atom is -0.444 e. The van der Waals surface area contributed by atoms with Gasteiger partial charge in [-0.25, -0.2) is 4.79 Å². The maximum Gasteiger partial charge on any atom is 0.410 e. The van der Waals surface area contributed by atoms with E-state index in [2.05, 4.69) is 10.2 Å². The van der Waals surface area contributed by atoms with Crippen LogP contribution in [0.3, 0.4) is 0 Å². The molecule has 1 saturated heterocycles. The number of methoxy groups -OCH3 is 1. The average molecular weight is 377 g/mol. The number of rotatable bonds is 5. The van der Waals surface area contributed by atoms with E-state index in [4.69, 9.17) is 9.47 Å². The smallest absolute Gasteiger partial charge is 0.410 e. The Balaban J connectivity index is 2.12. The SMILES string of the molecule is COCNC(=O)C(c1ccccc1)N1CCN(C(=O)OC(C)(C)C)C(C)C1. The van der Waals surface area contributed by atoms with E-state index in [-0.39, 0.29) is 24.8 Å². The van der Waals surface area contributed by atoms with E-state index in [1.807, 2.05) is 58.0 Å². The summed E-state index contributed by atoms with van der Waals surface area (Å²) >= 11 is 0. The molecule has 1 N–H and O–H groups in total. The molecule has 1 aliphatic heterocycles. The molecule has 1 fully saturated rings. The molecule has 150 valence electrons. The van der Waals surface area contributed by atoms with Crippen LogP contribution in [0.15, 0.2) is 30.3 Å². The Bertz CT molecular complexity index is 630. The molecule has 2 unspecified atom stereocenters. The van der Waals surface area contributed by atoms with E-state index in [1.165, 1.54) is 0 Å². The summed E-state index contributed by atoms with van der Waals surface area (Å²) in [4.78, 5) is 29.0. The van der Waals surface area contributed by atoms with Crippen LogP contribution in [0, 0.1) is 0 Å². The maximum atomic E-state index is 12.8. The average Bonchev–Trinajstić information content (AvgIpc) is 2.59. The number of amides is 2. The molecular formula is C20H31N3O4. The second-order valence-electron chi connectivity index (χ2n) is 7.80. The highest BCUT2D eigenvalue weighted by molar-refractivity contribution is 5.83. The molecular weight excluding hydrogens is 346 g/mol. The first kappa shape index (κ1) is 21.2. The normalized spacial score (nSPS) is 19.4. The minimum atomic E-state index is -0.527. The largest absolute Gasteiger partial charge is 0.444 e.